The molecule has 0 aliphatic carbocycles. The van der Waals surface area contributed by atoms with Crippen molar-refractivity contribution in [3.63, 3.8) is 0 Å². The van der Waals surface area contributed by atoms with Gasteiger partial charge in [-0.05, 0) is 30.0 Å². The third kappa shape index (κ3) is 3.85. The summed E-state index contributed by atoms with van der Waals surface area (Å²) in [7, 11) is 0. The van der Waals surface area contributed by atoms with Crippen molar-refractivity contribution in [1.29, 1.82) is 0 Å². The van der Waals surface area contributed by atoms with Gasteiger partial charge in [-0.15, -0.1) is 0 Å². The smallest absolute Gasteiger partial charge is 0.274 e. The van der Waals surface area contributed by atoms with Gasteiger partial charge in [0.15, 0.2) is 0 Å². The van der Waals surface area contributed by atoms with Crippen LogP contribution in [-0.4, -0.2) is 17.4 Å². The van der Waals surface area contributed by atoms with Crippen LogP contribution in [0.3, 0.4) is 0 Å². The predicted octanol–water partition coefficient (Wildman–Crippen LogP) is 3.80. The summed E-state index contributed by atoms with van der Waals surface area (Å²) in [6.07, 6.45) is 1.31. The van der Waals surface area contributed by atoms with E-state index in [-0.39, 0.29) is 24.1 Å². The molecule has 130 valence electrons. The van der Waals surface area contributed by atoms with Crippen LogP contribution < -0.4 is 5.32 Å². The Morgan fingerprint density at radius 1 is 1.32 bits per heavy atom. The number of nitrogens with one attached hydrogen (secondary N) is 1. The average Bonchev–Trinajstić information content (AvgIpc) is 2.62. The van der Waals surface area contributed by atoms with Gasteiger partial charge in [-0.2, -0.15) is 0 Å². The van der Waals surface area contributed by atoms with Crippen molar-refractivity contribution >= 4 is 17.3 Å². The maximum absolute atomic E-state index is 12.4. The molecule has 6 heteroatoms. The lowest BCUT2D eigenvalue weighted by Crippen LogP contribution is -2.22. The summed E-state index contributed by atoms with van der Waals surface area (Å²) in [6.45, 7) is 2.45. The first-order chi connectivity index (χ1) is 12.1. The van der Waals surface area contributed by atoms with E-state index in [9.17, 15) is 14.9 Å². The highest BCUT2D eigenvalue weighted by Crippen LogP contribution is 2.30. The molecule has 0 saturated heterocycles. The summed E-state index contributed by atoms with van der Waals surface area (Å²) >= 11 is 0. The second-order valence-electron chi connectivity index (χ2n) is 6.01. The molecule has 0 aromatic heterocycles. The second kappa shape index (κ2) is 7.44. The van der Waals surface area contributed by atoms with E-state index in [2.05, 4.69) is 11.4 Å². The van der Waals surface area contributed by atoms with Gasteiger partial charge in [-0.3, -0.25) is 14.9 Å². The average molecular weight is 340 g/mol. The number of ether oxygens (including phenoxy) is 1. The van der Waals surface area contributed by atoms with Crippen LogP contribution in [0.15, 0.2) is 42.5 Å². The van der Waals surface area contributed by atoms with Gasteiger partial charge in [0.25, 0.3) is 5.69 Å². The summed E-state index contributed by atoms with van der Waals surface area (Å²) < 4.78 is 5.74. The highest BCUT2D eigenvalue weighted by Gasteiger charge is 2.23. The van der Waals surface area contributed by atoms with E-state index in [4.69, 9.17) is 4.74 Å². The Kier molecular flexibility index (Phi) is 5.09. The Labute approximate surface area is 146 Å². The third-order valence-corrected chi connectivity index (χ3v) is 4.41. The standard InChI is InChI=1S/C19H20N2O4/c1-2-13-7-8-15(11-17(13)21(23)24)20-19(22)12-18-16-6-4-3-5-14(16)9-10-25-18/h3-8,11,18H,2,9-10,12H2,1H3,(H,20,22). The van der Waals surface area contributed by atoms with Crippen molar-refractivity contribution in [3.8, 4) is 0 Å². The third-order valence-electron chi connectivity index (χ3n) is 4.41. The van der Waals surface area contributed by atoms with Gasteiger partial charge < -0.3 is 10.1 Å². The van der Waals surface area contributed by atoms with E-state index < -0.39 is 4.92 Å². The van der Waals surface area contributed by atoms with E-state index in [1.54, 1.807) is 12.1 Å². The molecule has 1 unspecified atom stereocenters. The number of nitrogens with zero attached hydrogens (tertiary/aromatic N) is 1. The lowest BCUT2D eigenvalue weighted by molar-refractivity contribution is -0.385. The molecule has 2 aromatic carbocycles. The van der Waals surface area contributed by atoms with Crippen LogP contribution in [0.25, 0.3) is 0 Å². The number of nitro groups is 1. The van der Waals surface area contributed by atoms with Crippen LogP contribution in [0.4, 0.5) is 11.4 Å². The maximum Gasteiger partial charge on any atom is 0.274 e. The van der Waals surface area contributed by atoms with E-state index in [0.717, 1.165) is 12.0 Å². The first kappa shape index (κ1) is 17.1. The fourth-order valence-electron chi connectivity index (χ4n) is 3.14. The highest BCUT2D eigenvalue weighted by molar-refractivity contribution is 5.91. The zero-order valence-electron chi connectivity index (χ0n) is 14.0. The summed E-state index contributed by atoms with van der Waals surface area (Å²) in [6, 6.07) is 12.7. The van der Waals surface area contributed by atoms with E-state index in [1.165, 1.54) is 11.6 Å². The van der Waals surface area contributed by atoms with Gasteiger partial charge in [-0.1, -0.05) is 37.3 Å². The molecule has 1 atom stereocenters. The molecule has 6 nitrogen and oxygen atoms in total. The molecule has 0 saturated carbocycles. The summed E-state index contributed by atoms with van der Waals surface area (Å²) in [5.74, 6) is -0.222. The number of benzene rings is 2. The molecular weight excluding hydrogens is 320 g/mol. The van der Waals surface area contributed by atoms with Crippen LogP contribution in [0, 0.1) is 10.1 Å². The molecule has 1 N–H and O–H groups in total. The Bertz CT molecular complexity index is 804. The van der Waals surface area contributed by atoms with Crippen LogP contribution in [0.2, 0.25) is 0 Å². The minimum atomic E-state index is -0.422. The number of hydrogen-bond acceptors (Lipinski definition) is 4. The number of aryl methyl sites for hydroxylation is 1. The molecule has 1 amide bonds. The molecule has 0 bridgehead atoms. The quantitative estimate of drug-likeness (QED) is 0.663. The van der Waals surface area contributed by atoms with E-state index in [0.29, 0.717) is 24.3 Å². The zero-order chi connectivity index (χ0) is 17.8. The summed E-state index contributed by atoms with van der Waals surface area (Å²) in [4.78, 5) is 23.1. The molecule has 1 aliphatic rings. The Balaban J connectivity index is 1.72. The van der Waals surface area contributed by atoms with Gasteiger partial charge in [0.05, 0.1) is 24.1 Å². The van der Waals surface area contributed by atoms with Gasteiger partial charge in [0, 0.05) is 17.3 Å². The lowest BCUT2D eigenvalue weighted by Gasteiger charge is -2.25. The number of carbonyl (C=O) groups is 1. The van der Waals surface area contributed by atoms with Gasteiger partial charge in [-0.25, -0.2) is 0 Å². The fourth-order valence-corrected chi connectivity index (χ4v) is 3.14. The molecule has 0 radical (unpaired) electrons. The number of hydrogen-bond donors (Lipinski definition) is 1. The van der Waals surface area contributed by atoms with Crippen molar-refractivity contribution in [2.45, 2.75) is 32.3 Å². The maximum atomic E-state index is 12.4. The van der Waals surface area contributed by atoms with E-state index >= 15 is 0 Å². The molecule has 3 rings (SSSR count). The van der Waals surface area contributed by atoms with Crippen LogP contribution >= 0.6 is 0 Å². The second-order valence-corrected chi connectivity index (χ2v) is 6.01. The first-order valence-corrected chi connectivity index (χ1v) is 8.35. The number of fused-ring (bicyclic) bond motifs is 1. The topological polar surface area (TPSA) is 81.5 Å². The Hall–Kier alpha value is -2.73. The lowest BCUT2D eigenvalue weighted by atomic mass is 9.95. The number of anilines is 1. The summed E-state index contributed by atoms with van der Waals surface area (Å²) in [5, 5.41) is 13.9. The normalized spacial score (nSPS) is 16.1. The van der Waals surface area contributed by atoms with Crippen LogP contribution in [0.5, 0.6) is 0 Å². The van der Waals surface area contributed by atoms with Crippen LogP contribution in [0.1, 0.15) is 36.1 Å². The number of amides is 1. The van der Waals surface area contributed by atoms with Crippen molar-refractivity contribution in [2.24, 2.45) is 0 Å². The molecule has 1 aliphatic heterocycles. The number of nitro benzene ring substituents is 1. The van der Waals surface area contributed by atoms with Gasteiger partial charge in [0.2, 0.25) is 5.91 Å². The molecule has 1 heterocycles. The molecule has 25 heavy (non-hydrogen) atoms. The largest absolute Gasteiger partial charge is 0.373 e. The van der Waals surface area contributed by atoms with Crippen molar-refractivity contribution in [2.75, 3.05) is 11.9 Å². The Morgan fingerprint density at radius 3 is 2.88 bits per heavy atom. The minimum absolute atomic E-state index is 0.0274. The number of carbonyl (C=O) groups excluding carboxylic acids is 1. The Morgan fingerprint density at radius 2 is 2.12 bits per heavy atom. The molecular formula is C19H20N2O4. The molecule has 2 aromatic rings. The predicted molar refractivity (Wildman–Crippen MR) is 94.6 cm³/mol. The zero-order valence-corrected chi connectivity index (χ0v) is 14.0. The van der Waals surface area contributed by atoms with Crippen molar-refractivity contribution in [3.05, 3.63) is 69.3 Å². The van der Waals surface area contributed by atoms with Gasteiger partial charge in [0.1, 0.15) is 0 Å². The van der Waals surface area contributed by atoms with Crippen LogP contribution in [-0.2, 0) is 22.4 Å². The summed E-state index contributed by atoms with van der Waals surface area (Å²) in [5.41, 5.74) is 3.34. The van der Waals surface area contributed by atoms with Crippen molar-refractivity contribution in [1.82, 2.24) is 0 Å². The minimum Gasteiger partial charge on any atom is -0.373 e. The monoisotopic (exact) mass is 340 g/mol. The fraction of sp³-hybridized carbons (Fsp3) is 0.316. The highest BCUT2D eigenvalue weighted by atomic mass is 16.6. The first-order valence-electron chi connectivity index (χ1n) is 8.35. The number of rotatable bonds is 5. The van der Waals surface area contributed by atoms with Crippen molar-refractivity contribution < 1.29 is 14.5 Å². The molecule has 0 spiro atoms. The SMILES string of the molecule is CCc1ccc(NC(=O)CC2OCCc3ccccc32)cc1[N+](=O)[O-]. The molecule has 0 fully saturated rings. The van der Waals surface area contributed by atoms with Gasteiger partial charge >= 0.3 is 0 Å². The van der Waals surface area contributed by atoms with E-state index in [1.807, 2.05) is 25.1 Å².